The Hall–Kier alpha value is -2.90. The number of nitrogens with zero attached hydrogens (tertiary/aromatic N) is 2. The van der Waals surface area contributed by atoms with Gasteiger partial charge < -0.3 is 4.74 Å². The molecule has 0 amide bonds. The molecule has 3 rings (SSSR count). The van der Waals surface area contributed by atoms with Gasteiger partial charge in [0.25, 0.3) is 5.56 Å². The van der Waals surface area contributed by atoms with Crippen molar-refractivity contribution in [2.24, 2.45) is 0 Å². The van der Waals surface area contributed by atoms with E-state index in [1.54, 1.807) is 11.7 Å². The van der Waals surface area contributed by atoms with E-state index in [0.717, 1.165) is 11.5 Å². The lowest BCUT2D eigenvalue weighted by atomic mass is 10.1. The van der Waals surface area contributed by atoms with Gasteiger partial charge in [-0.25, -0.2) is 4.98 Å². The SMILES string of the molecule is CCc1nc2cccc(C#CCOC)c2c(=O)n1-c1ccccc1. The molecule has 0 spiro atoms. The van der Waals surface area contributed by atoms with Crippen LogP contribution in [0.2, 0.25) is 0 Å². The van der Waals surface area contributed by atoms with Crippen LogP contribution in [0.25, 0.3) is 16.6 Å². The monoisotopic (exact) mass is 318 g/mol. The summed E-state index contributed by atoms with van der Waals surface area (Å²) in [5.41, 5.74) is 2.07. The maximum atomic E-state index is 13.2. The fraction of sp³-hybridized carbons (Fsp3) is 0.200. The van der Waals surface area contributed by atoms with Crippen molar-refractivity contribution in [2.75, 3.05) is 13.7 Å². The summed E-state index contributed by atoms with van der Waals surface area (Å²) in [7, 11) is 1.59. The Bertz CT molecular complexity index is 979. The topological polar surface area (TPSA) is 44.1 Å². The highest BCUT2D eigenvalue weighted by molar-refractivity contribution is 5.84. The Labute approximate surface area is 140 Å². The van der Waals surface area contributed by atoms with Crippen molar-refractivity contribution >= 4 is 10.9 Å². The number of para-hydroxylation sites is 1. The van der Waals surface area contributed by atoms with Crippen molar-refractivity contribution in [3.05, 3.63) is 70.3 Å². The zero-order valence-corrected chi connectivity index (χ0v) is 13.7. The van der Waals surface area contributed by atoms with Crippen molar-refractivity contribution in [3.63, 3.8) is 0 Å². The van der Waals surface area contributed by atoms with Crippen molar-refractivity contribution in [3.8, 4) is 17.5 Å². The molecule has 1 heterocycles. The molecule has 0 aliphatic carbocycles. The molecule has 0 radical (unpaired) electrons. The van der Waals surface area contributed by atoms with Crippen LogP contribution in [-0.2, 0) is 11.2 Å². The Kier molecular flexibility index (Phi) is 4.74. The predicted octanol–water partition coefficient (Wildman–Crippen LogP) is 2.95. The van der Waals surface area contributed by atoms with E-state index in [4.69, 9.17) is 4.74 Å². The van der Waals surface area contributed by atoms with Gasteiger partial charge in [-0.15, -0.1) is 0 Å². The normalized spacial score (nSPS) is 10.4. The first-order valence-electron chi connectivity index (χ1n) is 7.84. The van der Waals surface area contributed by atoms with Crippen LogP contribution in [0.3, 0.4) is 0 Å². The van der Waals surface area contributed by atoms with Crippen LogP contribution in [-0.4, -0.2) is 23.3 Å². The molecule has 0 unspecified atom stereocenters. The summed E-state index contributed by atoms with van der Waals surface area (Å²) in [6, 6.07) is 15.1. The van der Waals surface area contributed by atoms with Crippen LogP contribution in [0.4, 0.5) is 0 Å². The second-order valence-corrected chi connectivity index (χ2v) is 5.29. The molecule has 1 aromatic heterocycles. The molecule has 0 aliphatic heterocycles. The molecule has 0 N–H and O–H groups in total. The van der Waals surface area contributed by atoms with E-state index in [2.05, 4.69) is 16.8 Å². The summed E-state index contributed by atoms with van der Waals surface area (Å²) in [4.78, 5) is 17.9. The summed E-state index contributed by atoms with van der Waals surface area (Å²) in [6.45, 7) is 2.32. The molecule has 0 saturated heterocycles. The van der Waals surface area contributed by atoms with Crippen LogP contribution < -0.4 is 5.56 Å². The summed E-state index contributed by atoms with van der Waals surface area (Å²) >= 11 is 0. The van der Waals surface area contributed by atoms with E-state index in [9.17, 15) is 4.79 Å². The van der Waals surface area contributed by atoms with Crippen molar-refractivity contribution in [1.82, 2.24) is 9.55 Å². The molecular weight excluding hydrogens is 300 g/mol. The number of benzene rings is 2. The largest absolute Gasteiger partial charge is 0.372 e. The standard InChI is InChI=1S/C20H18N2O2/c1-3-18-21-17-13-7-9-15(10-8-14-24-2)19(17)20(23)22(18)16-11-5-4-6-12-16/h4-7,9,11-13H,3,14H2,1-2H3. The Morgan fingerprint density at radius 2 is 1.92 bits per heavy atom. The minimum Gasteiger partial charge on any atom is -0.372 e. The quantitative estimate of drug-likeness (QED) is 0.698. The molecule has 0 atom stereocenters. The molecule has 0 bridgehead atoms. The number of methoxy groups -OCH3 is 1. The molecule has 0 saturated carbocycles. The third kappa shape index (κ3) is 2.94. The smallest absolute Gasteiger partial charge is 0.267 e. The van der Waals surface area contributed by atoms with Crippen molar-refractivity contribution < 1.29 is 4.74 Å². The summed E-state index contributed by atoms with van der Waals surface area (Å²) < 4.78 is 6.63. The second kappa shape index (κ2) is 7.12. The minimum atomic E-state index is -0.0923. The average molecular weight is 318 g/mol. The molecule has 4 heteroatoms. The summed E-state index contributed by atoms with van der Waals surface area (Å²) in [5, 5.41) is 0.544. The van der Waals surface area contributed by atoms with Gasteiger partial charge in [0.05, 0.1) is 16.6 Å². The number of fused-ring (bicyclic) bond motifs is 1. The van der Waals surface area contributed by atoms with Gasteiger partial charge in [-0.3, -0.25) is 9.36 Å². The summed E-state index contributed by atoms with van der Waals surface area (Å²) in [5.74, 6) is 6.66. The van der Waals surface area contributed by atoms with Crippen LogP contribution in [0.15, 0.2) is 53.3 Å². The van der Waals surface area contributed by atoms with Gasteiger partial charge in [0.1, 0.15) is 12.4 Å². The number of rotatable bonds is 3. The van der Waals surface area contributed by atoms with E-state index < -0.39 is 0 Å². The van der Waals surface area contributed by atoms with Gasteiger partial charge in [0.15, 0.2) is 0 Å². The molecule has 120 valence electrons. The highest BCUT2D eigenvalue weighted by Crippen LogP contribution is 2.16. The zero-order chi connectivity index (χ0) is 16.9. The Morgan fingerprint density at radius 3 is 2.62 bits per heavy atom. The van der Waals surface area contributed by atoms with Gasteiger partial charge in [-0.1, -0.05) is 43.0 Å². The molecular formula is C20H18N2O2. The minimum absolute atomic E-state index is 0.0923. The van der Waals surface area contributed by atoms with Gasteiger partial charge >= 0.3 is 0 Å². The average Bonchev–Trinajstić information content (AvgIpc) is 2.62. The van der Waals surface area contributed by atoms with Gasteiger partial charge in [0.2, 0.25) is 0 Å². The Balaban J connectivity index is 2.33. The maximum absolute atomic E-state index is 13.2. The van der Waals surface area contributed by atoms with Crippen LogP contribution in [0.5, 0.6) is 0 Å². The van der Waals surface area contributed by atoms with Gasteiger partial charge in [-0.05, 0) is 24.3 Å². The fourth-order valence-electron chi connectivity index (χ4n) is 2.66. The van der Waals surface area contributed by atoms with Crippen LogP contribution >= 0.6 is 0 Å². The first kappa shape index (κ1) is 16.0. The second-order valence-electron chi connectivity index (χ2n) is 5.29. The number of hydrogen-bond donors (Lipinski definition) is 0. The third-order valence-electron chi connectivity index (χ3n) is 3.74. The van der Waals surface area contributed by atoms with Gasteiger partial charge in [-0.2, -0.15) is 0 Å². The lowest BCUT2D eigenvalue weighted by molar-refractivity contribution is 0.240. The van der Waals surface area contributed by atoms with E-state index in [-0.39, 0.29) is 5.56 Å². The van der Waals surface area contributed by atoms with Crippen molar-refractivity contribution in [1.29, 1.82) is 0 Å². The number of hydrogen-bond acceptors (Lipinski definition) is 3. The van der Waals surface area contributed by atoms with Gasteiger partial charge in [0, 0.05) is 19.1 Å². The lowest BCUT2D eigenvalue weighted by Gasteiger charge is -2.13. The number of ether oxygens (including phenoxy) is 1. The molecule has 24 heavy (non-hydrogen) atoms. The number of aromatic nitrogens is 2. The molecule has 0 aliphatic rings. The summed E-state index contributed by atoms with van der Waals surface area (Å²) in [6.07, 6.45) is 0.666. The van der Waals surface area contributed by atoms with Crippen LogP contribution in [0.1, 0.15) is 18.3 Å². The predicted molar refractivity (Wildman–Crippen MR) is 95.5 cm³/mol. The molecule has 4 nitrogen and oxygen atoms in total. The van der Waals surface area contributed by atoms with E-state index in [1.165, 1.54) is 0 Å². The van der Waals surface area contributed by atoms with Crippen LogP contribution in [0, 0.1) is 11.8 Å². The molecule has 2 aromatic carbocycles. The molecule has 0 fully saturated rings. The number of aryl methyl sites for hydroxylation is 1. The first-order valence-corrected chi connectivity index (χ1v) is 7.84. The Morgan fingerprint density at radius 1 is 1.12 bits per heavy atom. The fourth-order valence-corrected chi connectivity index (χ4v) is 2.66. The maximum Gasteiger partial charge on any atom is 0.267 e. The highest BCUT2D eigenvalue weighted by Gasteiger charge is 2.13. The molecule has 3 aromatic rings. The van der Waals surface area contributed by atoms with E-state index in [0.29, 0.717) is 29.5 Å². The third-order valence-corrected chi connectivity index (χ3v) is 3.74. The highest BCUT2D eigenvalue weighted by atomic mass is 16.5. The zero-order valence-electron chi connectivity index (χ0n) is 13.7. The first-order chi connectivity index (χ1) is 11.8. The van der Waals surface area contributed by atoms with E-state index >= 15 is 0 Å². The van der Waals surface area contributed by atoms with Crippen molar-refractivity contribution in [2.45, 2.75) is 13.3 Å². The van der Waals surface area contributed by atoms with E-state index in [1.807, 2.05) is 55.5 Å². The lowest BCUT2D eigenvalue weighted by Crippen LogP contribution is -2.24.